The molecular formula is C26H23Cl2F3N4O6S2. The lowest BCUT2D eigenvalue weighted by Crippen LogP contribution is -2.40. The summed E-state index contributed by atoms with van der Waals surface area (Å²) in [6.45, 7) is 0.149. The Hall–Kier alpha value is -2.98. The molecule has 5 rings (SSSR count). The molecule has 2 aromatic heterocycles. The van der Waals surface area contributed by atoms with Gasteiger partial charge in [-0.2, -0.15) is 21.6 Å². The van der Waals surface area contributed by atoms with Crippen LogP contribution in [0.3, 0.4) is 0 Å². The number of hydrogen-bond acceptors (Lipinski definition) is 9. The van der Waals surface area contributed by atoms with Gasteiger partial charge in [0, 0.05) is 47.6 Å². The van der Waals surface area contributed by atoms with Crippen molar-refractivity contribution in [3.8, 4) is 5.88 Å². The van der Waals surface area contributed by atoms with Crippen molar-refractivity contribution in [3.63, 3.8) is 0 Å². The normalized spacial score (nSPS) is 18.0. The second-order valence-corrected chi connectivity index (χ2v) is 13.1. The quantitative estimate of drug-likeness (QED) is 0.291. The van der Waals surface area contributed by atoms with Crippen molar-refractivity contribution < 1.29 is 40.5 Å². The zero-order valence-electron chi connectivity index (χ0n) is 22.1. The SMILES string of the molecule is O=C(COc1ncc(Cl)cc1C(F)(F)F)N1CCC(c2nc(C3=NOC(c4c(Cl)cccc4CS(=O)(=O)O)C3)cs2)CC1. The summed E-state index contributed by atoms with van der Waals surface area (Å²) in [6, 6.07) is 5.44. The van der Waals surface area contributed by atoms with Crippen LogP contribution in [0, 0.1) is 0 Å². The third kappa shape index (κ3) is 7.58. The predicted molar refractivity (Wildman–Crippen MR) is 152 cm³/mol. The number of benzene rings is 1. The Balaban J connectivity index is 1.16. The molecule has 17 heteroatoms. The summed E-state index contributed by atoms with van der Waals surface area (Å²) in [5.41, 5.74) is 0.753. The molecule has 0 saturated carbocycles. The van der Waals surface area contributed by atoms with Crippen LogP contribution in [-0.2, 0) is 31.7 Å². The molecule has 43 heavy (non-hydrogen) atoms. The van der Waals surface area contributed by atoms with Crippen molar-refractivity contribution in [3.05, 3.63) is 73.3 Å². The van der Waals surface area contributed by atoms with Crippen molar-refractivity contribution in [2.45, 2.75) is 43.2 Å². The van der Waals surface area contributed by atoms with E-state index in [0.29, 0.717) is 59.6 Å². The largest absolute Gasteiger partial charge is 0.467 e. The van der Waals surface area contributed by atoms with Crippen molar-refractivity contribution in [2.75, 3.05) is 19.7 Å². The molecule has 1 atom stereocenters. The number of alkyl halides is 3. The molecule has 230 valence electrons. The van der Waals surface area contributed by atoms with E-state index in [1.165, 1.54) is 16.2 Å². The van der Waals surface area contributed by atoms with Crippen molar-refractivity contribution in [1.29, 1.82) is 0 Å². The van der Waals surface area contributed by atoms with Gasteiger partial charge >= 0.3 is 6.18 Å². The third-order valence-corrected chi connectivity index (χ3v) is 9.16. The molecule has 0 spiro atoms. The first-order chi connectivity index (χ1) is 20.3. The minimum Gasteiger partial charge on any atom is -0.467 e. The van der Waals surface area contributed by atoms with Gasteiger partial charge < -0.3 is 14.5 Å². The molecule has 1 aromatic carbocycles. The minimum atomic E-state index is -4.74. The number of likely N-dealkylation sites (tertiary alicyclic amines) is 1. The highest BCUT2D eigenvalue weighted by atomic mass is 35.5. The molecule has 1 amide bonds. The molecule has 1 unspecified atom stereocenters. The van der Waals surface area contributed by atoms with Gasteiger partial charge in [0.05, 0.1) is 15.7 Å². The van der Waals surface area contributed by atoms with Gasteiger partial charge in [-0.05, 0) is 30.5 Å². The summed E-state index contributed by atoms with van der Waals surface area (Å²) in [7, 11) is -4.30. The molecular weight excluding hydrogens is 656 g/mol. The second kappa shape index (κ2) is 12.6. The van der Waals surface area contributed by atoms with Crippen LogP contribution in [0.25, 0.3) is 0 Å². The number of pyridine rings is 1. The summed E-state index contributed by atoms with van der Waals surface area (Å²) >= 11 is 13.4. The van der Waals surface area contributed by atoms with E-state index in [1.807, 2.05) is 5.38 Å². The predicted octanol–water partition coefficient (Wildman–Crippen LogP) is 5.90. The van der Waals surface area contributed by atoms with Gasteiger partial charge in [0.1, 0.15) is 17.0 Å². The van der Waals surface area contributed by atoms with Crippen molar-refractivity contribution >= 4 is 56.3 Å². The van der Waals surface area contributed by atoms with E-state index < -0.39 is 52.1 Å². The van der Waals surface area contributed by atoms with Crippen molar-refractivity contribution in [2.24, 2.45) is 5.16 Å². The minimum absolute atomic E-state index is 0.0575. The Labute approximate surface area is 258 Å². The fraction of sp³-hybridized carbons (Fsp3) is 0.385. The summed E-state index contributed by atoms with van der Waals surface area (Å²) in [6.07, 6.45) is -2.90. The number of aromatic nitrogens is 2. The molecule has 0 bridgehead atoms. The number of nitrogens with zero attached hydrogens (tertiary/aromatic N) is 4. The first-order valence-corrected chi connectivity index (χ1v) is 16.1. The van der Waals surface area contributed by atoms with Gasteiger partial charge in [-0.1, -0.05) is 40.5 Å². The van der Waals surface area contributed by atoms with Crippen LogP contribution in [0.15, 0.2) is 41.0 Å². The molecule has 0 aliphatic carbocycles. The zero-order valence-corrected chi connectivity index (χ0v) is 25.2. The van der Waals surface area contributed by atoms with Gasteiger partial charge in [-0.25, -0.2) is 9.97 Å². The lowest BCUT2D eigenvalue weighted by molar-refractivity contribution is -0.141. The number of carbonyl (C=O) groups is 1. The molecule has 2 aliphatic heterocycles. The zero-order chi connectivity index (χ0) is 30.9. The molecule has 1 N–H and O–H groups in total. The molecule has 1 saturated heterocycles. The Kier molecular flexibility index (Phi) is 9.18. The van der Waals surface area contributed by atoms with E-state index in [0.717, 1.165) is 11.2 Å². The Morgan fingerprint density at radius 2 is 1.98 bits per heavy atom. The van der Waals surface area contributed by atoms with Crippen LogP contribution >= 0.6 is 34.5 Å². The number of amides is 1. The maximum atomic E-state index is 13.3. The van der Waals surface area contributed by atoms with Crippen LogP contribution in [-0.4, -0.2) is 59.2 Å². The van der Waals surface area contributed by atoms with E-state index in [-0.39, 0.29) is 17.4 Å². The number of ether oxygens (including phenoxy) is 1. The smallest absolute Gasteiger partial charge is 0.421 e. The number of halogens is 5. The number of hydrogen-bond donors (Lipinski definition) is 1. The highest BCUT2D eigenvalue weighted by Gasteiger charge is 2.36. The fourth-order valence-electron chi connectivity index (χ4n) is 4.90. The molecule has 3 aromatic rings. The Morgan fingerprint density at radius 1 is 1.23 bits per heavy atom. The summed E-state index contributed by atoms with van der Waals surface area (Å²) in [4.78, 5) is 28.1. The van der Waals surface area contributed by atoms with Gasteiger partial charge in [-0.15, -0.1) is 11.3 Å². The molecule has 0 radical (unpaired) electrons. The van der Waals surface area contributed by atoms with Crippen LogP contribution in [0.4, 0.5) is 13.2 Å². The number of piperidine rings is 1. The van der Waals surface area contributed by atoms with E-state index in [9.17, 15) is 30.9 Å². The lowest BCUT2D eigenvalue weighted by atomic mass is 9.97. The maximum Gasteiger partial charge on any atom is 0.421 e. The van der Waals surface area contributed by atoms with Crippen LogP contribution in [0.5, 0.6) is 5.88 Å². The summed E-state index contributed by atoms with van der Waals surface area (Å²) in [5.74, 6) is -1.72. The van der Waals surface area contributed by atoms with Crippen LogP contribution in [0.2, 0.25) is 10.0 Å². The maximum absolute atomic E-state index is 13.3. The third-order valence-electron chi connectivity index (χ3n) is 6.94. The van der Waals surface area contributed by atoms with E-state index in [1.54, 1.807) is 18.2 Å². The Bertz CT molecular complexity index is 1660. The highest BCUT2D eigenvalue weighted by molar-refractivity contribution is 7.85. The van der Waals surface area contributed by atoms with Gasteiger partial charge in [0.15, 0.2) is 12.7 Å². The van der Waals surface area contributed by atoms with Crippen LogP contribution < -0.4 is 4.74 Å². The molecule has 1 fully saturated rings. The summed E-state index contributed by atoms with van der Waals surface area (Å²) in [5, 5.41) is 6.92. The number of carbonyl (C=O) groups excluding carboxylic acids is 1. The number of oxime groups is 1. The average molecular weight is 680 g/mol. The topological polar surface area (TPSA) is 131 Å². The average Bonchev–Trinajstić information content (AvgIpc) is 3.61. The molecule has 2 aliphatic rings. The second-order valence-electron chi connectivity index (χ2n) is 9.89. The van der Waals surface area contributed by atoms with Crippen LogP contribution in [0.1, 0.15) is 58.7 Å². The van der Waals surface area contributed by atoms with Gasteiger partial charge in [0.2, 0.25) is 5.88 Å². The molecule has 10 nitrogen and oxygen atoms in total. The van der Waals surface area contributed by atoms with E-state index in [2.05, 4.69) is 10.1 Å². The lowest BCUT2D eigenvalue weighted by Gasteiger charge is -2.31. The monoisotopic (exact) mass is 678 g/mol. The first kappa shape index (κ1) is 31.4. The van der Waals surface area contributed by atoms with Gasteiger partial charge in [-0.3, -0.25) is 9.35 Å². The highest BCUT2D eigenvalue weighted by Crippen LogP contribution is 2.39. The van der Waals surface area contributed by atoms with Gasteiger partial charge in [0.25, 0.3) is 16.0 Å². The first-order valence-electron chi connectivity index (χ1n) is 12.8. The van der Waals surface area contributed by atoms with Crippen molar-refractivity contribution in [1.82, 2.24) is 14.9 Å². The standard InChI is InChI=1S/C26H23Cl2F3N4O6S2/c27-16-8-17(26(29,30)31)24(32-10-16)40-11-22(36)35-6-4-14(5-7-35)25-33-20(12-42-25)19-9-21(41-34-19)23-15(13-43(37,38)39)2-1-3-18(23)28/h1-3,8,10,12,14,21H,4-7,9,11,13H2,(H,37,38,39). The van der Waals surface area contributed by atoms with E-state index >= 15 is 0 Å². The molecule has 4 heterocycles. The number of rotatable bonds is 8. The fourth-order valence-corrected chi connectivity index (χ4v) is 7.02. The number of thiazole rings is 1. The van der Waals surface area contributed by atoms with E-state index in [4.69, 9.17) is 37.8 Å². The summed E-state index contributed by atoms with van der Waals surface area (Å²) < 4.78 is 77.2. The Morgan fingerprint density at radius 3 is 2.67 bits per heavy atom.